The standard InChI is InChI=1S/C29H29FN4O2/c1-36-25-11-4-20(5-12-25)17-31-26-16-29(35)33(28(26)14-19-2-3-19)24-10-13-27-21(15-24)18-32-34(27)23-8-6-22(30)7-9-23/h4-13,15,18-19,26,28,31H,2-3,14,16-17H2,1H3. The smallest absolute Gasteiger partial charge is 0.228 e. The third-order valence-corrected chi connectivity index (χ3v) is 7.36. The maximum absolute atomic E-state index is 13.4. The first-order valence-corrected chi connectivity index (χ1v) is 12.5. The van der Waals surface area contributed by atoms with Crippen molar-refractivity contribution in [2.24, 2.45) is 5.92 Å². The van der Waals surface area contributed by atoms with Gasteiger partial charge < -0.3 is 15.0 Å². The quantitative estimate of drug-likeness (QED) is 0.372. The van der Waals surface area contributed by atoms with Crippen molar-refractivity contribution in [1.82, 2.24) is 15.1 Å². The van der Waals surface area contributed by atoms with E-state index in [4.69, 9.17) is 4.74 Å². The number of hydrogen-bond acceptors (Lipinski definition) is 4. The molecule has 2 unspecified atom stereocenters. The van der Waals surface area contributed by atoms with Gasteiger partial charge in [0.2, 0.25) is 5.91 Å². The fourth-order valence-corrected chi connectivity index (χ4v) is 5.25. The highest BCUT2D eigenvalue weighted by Crippen LogP contribution is 2.40. The van der Waals surface area contributed by atoms with Gasteiger partial charge in [0.1, 0.15) is 11.6 Å². The molecule has 1 saturated heterocycles. The normalized spacial score (nSPS) is 19.8. The number of carbonyl (C=O) groups excluding carboxylic acids is 1. The number of carbonyl (C=O) groups is 1. The predicted molar refractivity (Wildman–Crippen MR) is 138 cm³/mol. The molecule has 2 heterocycles. The number of amides is 1. The Balaban J connectivity index is 1.25. The summed E-state index contributed by atoms with van der Waals surface area (Å²) in [5, 5.41) is 9.13. The number of nitrogens with one attached hydrogen (secondary N) is 1. The van der Waals surface area contributed by atoms with Crippen LogP contribution in [0.25, 0.3) is 16.6 Å². The van der Waals surface area contributed by atoms with Gasteiger partial charge >= 0.3 is 0 Å². The van der Waals surface area contributed by atoms with E-state index < -0.39 is 0 Å². The number of rotatable bonds is 8. The highest BCUT2D eigenvalue weighted by atomic mass is 19.1. The lowest BCUT2D eigenvalue weighted by molar-refractivity contribution is -0.117. The van der Waals surface area contributed by atoms with E-state index in [0.717, 1.165) is 34.4 Å². The van der Waals surface area contributed by atoms with Gasteiger partial charge in [0, 0.05) is 30.1 Å². The number of halogens is 1. The van der Waals surface area contributed by atoms with Gasteiger partial charge in [0.05, 0.1) is 30.6 Å². The molecular weight excluding hydrogens is 455 g/mol. The van der Waals surface area contributed by atoms with Gasteiger partial charge in [-0.1, -0.05) is 25.0 Å². The third kappa shape index (κ3) is 4.46. The molecule has 0 radical (unpaired) electrons. The lowest BCUT2D eigenvalue weighted by atomic mass is 10.0. The molecule has 2 atom stereocenters. The van der Waals surface area contributed by atoms with Crippen LogP contribution in [0, 0.1) is 11.7 Å². The van der Waals surface area contributed by atoms with Gasteiger partial charge in [0.25, 0.3) is 0 Å². The fourth-order valence-electron chi connectivity index (χ4n) is 5.25. The first-order valence-electron chi connectivity index (χ1n) is 12.5. The van der Waals surface area contributed by atoms with Crippen molar-refractivity contribution in [2.45, 2.75) is 44.3 Å². The van der Waals surface area contributed by atoms with Crippen LogP contribution in [0.4, 0.5) is 10.1 Å². The third-order valence-electron chi connectivity index (χ3n) is 7.36. The van der Waals surface area contributed by atoms with Crippen LogP contribution >= 0.6 is 0 Å². The Morgan fingerprint density at radius 2 is 1.78 bits per heavy atom. The van der Waals surface area contributed by atoms with E-state index in [-0.39, 0.29) is 23.8 Å². The van der Waals surface area contributed by atoms with Crippen molar-refractivity contribution < 1.29 is 13.9 Å². The molecule has 2 aliphatic rings. The van der Waals surface area contributed by atoms with Gasteiger partial charge in [-0.3, -0.25) is 4.79 Å². The minimum Gasteiger partial charge on any atom is -0.497 e. The molecule has 1 aliphatic heterocycles. The molecule has 1 aliphatic carbocycles. The Bertz CT molecular complexity index is 1380. The molecule has 6 nitrogen and oxygen atoms in total. The van der Waals surface area contributed by atoms with E-state index in [0.29, 0.717) is 18.9 Å². The second-order valence-corrected chi connectivity index (χ2v) is 9.83. The highest BCUT2D eigenvalue weighted by Gasteiger charge is 2.43. The molecule has 1 amide bonds. The Kier molecular flexibility index (Phi) is 5.93. The second-order valence-electron chi connectivity index (χ2n) is 9.83. The van der Waals surface area contributed by atoms with E-state index in [1.165, 1.54) is 30.5 Å². The zero-order valence-corrected chi connectivity index (χ0v) is 20.2. The lowest BCUT2D eigenvalue weighted by Gasteiger charge is -2.29. The number of nitrogens with zero attached hydrogens (tertiary/aromatic N) is 3. The molecule has 6 rings (SSSR count). The topological polar surface area (TPSA) is 59.4 Å². The largest absolute Gasteiger partial charge is 0.497 e. The minimum atomic E-state index is -0.276. The van der Waals surface area contributed by atoms with Crippen LogP contribution in [0.5, 0.6) is 5.75 Å². The van der Waals surface area contributed by atoms with Crippen LogP contribution in [0.2, 0.25) is 0 Å². The Morgan fingerprint density at radius 3 is 2.50 bits per heavy atom. The van der Waals surface area contributed by atoms with E-state index in [1.54, 1.807) is 30.1 Å². The number of fused-ring (bicyclic) bond motifs is 1. The lowest BCUT2D eigenvalue weighted by Crippen LogP contribution is -2.43. The number of aromatic nitrogens is 2. The average Bonchev–Trinajstić information content (AvgIpc) is 3.54. The summed E-state index contributed by atoms with van der Waals surface area (Å²) in [6, 6.07) is 20.6. The molecule has 36 heavy (non-hydrogen) atoms. The monoisotopic (exact) mass is 484 g/mol. The molecule has 184 valence electrons. The summed E-state index contributed by atoms with van der Waals surface area (Å²) < 4.78 is 20.4. The summed E-state index contributed by atoms with van der Waals surface area (Å²) in [7, 11) is 1.67. The summed E-state index contributed by atoms with van der Waals surface area (Å²) in [4.78, 5) is 15.3. The van der Waals surface area contributed by atoms with Crippen molar-refractivity contribution in [3.05, 3.63) is 84.3 Å². The minimum absolute atomic E-state index is 0.0952. The summed E-state index contributed by atoms with van der Waals surface area (Å²) >= 11 is 0. The van der Waals surface area contributed by atoms with E-state index >= 15 is 0 Å². The number of hydrogen-bond donors (Lipinski definition) is 1. The molecule has 0 spiro atoms. The summed E-state index contributed by atoms with van der Waals surface area (Å²) in [6.07, 6.45) is 5.79. The van der Waals surface area contributed by atoms with Crippen LogP contribution in [0.3, 0.4) is 0 Å². The van der Waals surface area contributed by atoms with Crippen molar-refractivity contribution in [3.8, 4) is 11.4 Å². The van der Waals surface area contributed by atoms with Gasteiger partial charge in [-0.25, -0.2) is 9.07 Å². The number of benzene rings is 3. The van der Waals surface area contributed by atoms with Crippen molar-refractivity contribution in [3.63, 3.8) is 0 Å². The second kappa shape index (κ2) is 9.39. The Morgan fingerprint density at radius 1 is 1.03 bits per heavy atom. The summed E-state index contributed by atoms with van der Waals surface area (Å²) in [5.41, 5.74) is 3.79. The molecule has 1 aromatic heterocycles. The molecule has 4 aromatic rings. The summed E-state index contributed by atoms with van der Waals surface area (Å²) in [6.45, 7) is 0.709. The predicted octanol–water partition coefficient (Wildman–Crippen LogP) is 5.24. The van der Waals surface area contributed by atoms with Crippen molar-refractivity contribution in [2.75, 3.05) is 12.0 Å². The van der Waals surface area contributed by atoms with Gasteiger partial charge in [0.15, 0.2) is 0 Å². The molecule has 0 bridgehead atoms. The van der Waals surface area contributed by atoms with E-state index in [1.807, 2.05) is 35.2 Å². The van der Waals surface area contributed by atoms with Crippen LogP contribution in [0.1, 0.15) is 31.2 Å². The molecule has 1 saturated carbocycles. The van der Waals surface area contributed by atoms with Crippen LogP contribution in [-0.4, -0.2) is 34.9 Å². The molecule has 1 N–H and O–H groups in total. The summed E-state index contributed by atoms with van der Waals surface area (Å²) in [5.74, 6) is 1.41. The van der Waals surface area contributed by atoms with E-state index in [2.05, 4.69) is 22.5 Å². The molecule has 3 aromatic carbocycles. The SMILES string of the molecule is COc1ccc(CNC2CC(=O)N(c3ccc4c(cnn4-c4ccc(F)cc4)c3)C2CC2CC2)cc1. The van der Waals surface area contributed by atoms with Crippen LogP contribution < -0.4 is 15.0 Å². The molecular formula is C29H29FN4O2. The maximum atomic E-state index is 13.4. The van der Waals surface area contributed by atoms with Crippen molar-refractivity contribution >= 4 is 22.5 Å². The number of ether oxygens (including phenoxy) is 1. The number of anilines is 1. The zero-order chi connectivity index (χ0) is 24.6. The first kappa shape index (κ1) is 22.7. The van der Waals surface area contributed by atoms with Crippen LogP contribution in [0.15, 0.2) is 72.9 Å². The zero-order valence-electron chi connectivity index (χ0n) is 20.2. The fraction of sp³-hybridized carbons (Fsp3) is 0.310. The molecule has 7 heteroatoms. The maximum Gasteiger partial charge on any atom is 0.228 e. The van der Waals surface area contributed by atoms with E-state index in [9.17, 15) is 9.18 Å². The Hall–Kier alpha value is -3.71. The first-order chi connectivity index (χ1) is 17.6. The highest BCUT2D eigenvalue weighted by molar-refractivity contribution is 5.99. The number of methoxy groups -OCH3 is 1. The van der Waals surface area contributed by atoms with Crippen LogP contribution in [-0.2, 0) is 11.3 Å². The molecule has 2 fully saturated rings. The average molecular weight is 485 g/mol. The van der Waals surface area contributed by atoms with Gasteiger partial charge in [-0.15, -0.1) is 0 Å². The van der Waals surface area contributed by atoms with Crippen molar-refractivity contribution in [1.29, 1.82) is 0 Å². The van der Waals surface area contributed by atoms with Gasteiger partial charge in [-0.05, 0) is 72.5 Å². The Labute approximate surface area is 209 Å². The van der Waals surface area contributed by atoms with Gasteiger partial charge in [-0.2, -0.15) is 5.10 Å².